The average Bonchev–Trinajstić information content (AvgIpc) is 2.59. The summed E-state index contributed by atoms with van der Waals surface area (Å²) in [5.41, 5.74) is 0. The van der Waals surface area contributed by atoms with Gasteiger partial charge in [-0.2, -0.15) is 0 Å². The molecule has 2 nitrogen and oxygen atoms in total. The number of hydrogen-bond acceptors (Lipinski definition) is 1. The van der Waals surface area contributed by atoms with Crippen LogP contribution in [0.5, 0.6) is 0 Å². The van der Waals surface area contributed by atoms with Crippen LogP contribution in [0.3, 0.4) is 0 Å². The second-order valence-electron chi connectivity index (χ2n) is 4.29. The zero-order chi connectivity index (χ0) is 7.42. The van der Waals surface area contributed by atoms with Crippen LogP contribution in [0.1, 0.15) is 25.7 Å². The molecular formula is C9H13NO. The zero-order valence-corrected chi connectivity index (χ0v) is 6.55. The zero-order valence-electron chi connectivity index (χ0n) is 6.55. The molecular weight excluding hydrogens is 138 g/mol. The molecule has 3 rings (SSSR count). The first-order valence-electron chi connectivity index (χ1n) is 4.65. The Labute approximate surface area is 66.4 Å². The van der Waals surface area contributed by atoms with Crippen molar-refractivity contribution >= 4 is 5.91 Å². The molecule has 0 aromatic heterocycles. The molecule has 11 heavy (non-hydrogen) atoms. The first-order valence-corrected chi connectivity index (χ1v) is 4.65. The highest BCUT2D eigenvalue weighted by Crippen LogP contribution is 2.48. The number of rotatable bonds is 0. The first kappa shape index (κ1) is 6.04. The molecule has 1 heterocycles. The third kappa shape index (κ3) is 0.754. The van der Waals surface area contributed by atoms with Gasteiger partial charge in [-0.15, -0.1) is 0 Å². The van der Waals surface area contributed by atoms with Gasteiger partial charge in [0.05, 0.1) is 0 Å². The number of hydrogen-bond donors (Lipinski definition) is 1. The summed E-state index contributed by atoms with van der Waals surface area (Å²) in [6.07, 6.45) is 5.04. The minimum atomic E-state index is 0.353. The van der Waals surface area contributed by atoms with Gasteiger partial charge in [-0.3, -0.25) is 4.79 Å². The molecule has 1 saturated heterocycles. The SMILES string of the molecule is O=C1N[C@H]2C[C@H]2C[C@H]2CC[C@@H]12. The van der Waals surface area contributed by atoms with Gasteiger partial charge in [-0.05, 0) is 37.5 Å². The molecule has 1 amide bonds. The first-order chi connectivity index (χ1) is 5.34. The van der Waals surface area contributed by atoms with Crippen LogP contribution in [0.2, 0.25) is 0 Å². The van der Waals surface area contributed by atoms with E-state index in [-0.39, 0.29) is 0 Å². The van der Waals surface area contributed by atoms with Crippen LogP contribution < -0.4 is 5.32 Å². The molecule has 4 atom stereocenters. The lowest BCUT2D eigenvalue weighted by Crippen LogP contribution is -2.39. The van der Waals surface area contributed by atoms with Gasteiger partial charge < -0.3 is 5.32 Å². The van der Waals surface area contributed by atoms with E-state index in [1.54, 1.807) is 0 Å². The predicted octanol–water partition coefficient (Wildman–Crippen LogP) is 0.921. The summed E-state index contributed by atoms with van der Waals surface area (Å²) in [5, 5.41) is 3.11. The lowest BCUT2D eigenvalue weighted by molar-refractivity contribution is -0.129. The molecule has 2 aliphatic carbocycles. The maximum Gasteiger partial charge on any atom is 0.223 e. The number of carbonyl (C=O) groups is 1. The summed E-state index contributed by atoms with van der Waals surface area (Å²) in [4.78, 5) is 11.4. The van der Waals surface area contributed by atoms with E-state index in [2.05, 4.69) is 5.32 Å². The minimum absolute atomic E-state index is 0.353. The Morgan fingerprint density at radius 2 is 2.09 bits per heavy atom. The molecule has 2 heteroatoms. The van der Waals surface area contributed by atoms with E-state index < -0.39 is 0 Å². The summed E-state index contributed by atoms with van der Waals surface area (Å²) >= 11 is 0. The highest BCUT2D eigenvalue weighted by molar-refractivity contribution is 5.81. The highest BCUT2D eigenvalue weighted by atomic mass is 16.2. The Kier molecular flexibility index (Phi) is 0.984. The quantitative estimate of drug-likeness (QED) is 0.548. The van der Waals surface area contributed by atoms with Crippen molar-refractivity contribution in [3.8, 4) is 0 Å². The van der Waals surface area contributed by atoms with Crippen molar-refractivity contribution in [3.05, 3.63) is 0 Å². The molecule has 2 saturated carbocycles. The smallest absolute Gasteiger partial charge is 0.223 e. The Bertz CT molecular complexity index is 214. The summed E-state index contributed by atoms with van der Waals surface area (Å²) in [7, 11) is 0. The molecule has 1 N–H and O–H groups in total. The Balaban J connectivity index is 1.83. The number of amides is 1. The molecule has 0 radical (unpaired) electrons. The van der Waals surface area contributed by atoms with E-state index in [4.69, 9.17) is 0 Å². The summed E-state index contributed by atoms with van der Waals surface area (Å²) < 4.78 is 0. The van der Waals surface area contributed by atoms with Gasteiger partial charge in [0.1, 0.15) is 0 Å². The summed E-state index contributed by atoms with van der Waals surface area (Å²) in [5.74, 6) is 2.37. The molecule has 0 spiro atoms. The molecule has 0 aromatic carbocycles. The fourth-order valence-corrected chi connectivity index (χ4v) is 2.56. The van der Waals surface area contributed by atoms with E-state index in [1.807, 2.05) is 0 Å². The fraction of sp³-hybridized carbons (Fsp3) is 0.889. The fourth-order valence-electron chi connectivity index (χ4n) is 2.56. The van der Waals surface area contributed by atoms with E-state index in [9.17, 15) is 4.79 Å². The lowest BCUT2D eigenvalue weighted by Gasteiger charge is -2.33. The van der Waals surface area contributed by atoms with Crippen LogP contribution in [-0.4, -0.2) is 11.9 Å². The molecule has 3 aliphatic rings. The van der Waals surface area contributed by atoms with Gasteiger partial charge in [-0.25, -0.2) is 0 Å². The maximum absolute atomic E-state index is 11.4. The Morgan fingerprint density at radius 3 is 2.82 bits per heavy atom. The monoisotopic (exact) mass is 151 g/mol. The average molecular weight is 151 g/mol. The number of carbonyl (C=O) groups excluding carboxylic acids is 1. The van der Waals surface area contributed by atoms with Crippen LogP contribution in [-0.2, 0) is 4.79 Å². The van der Waals surface area contributed by atoms with E-state index in [0.29, 0.717) is 17.9 Å². The second kappa shape index (κ2) is 1.79. The number of nitrogens with one attached hydrogen (secondary N) is 1. The molecule has 1 aliphatic heterocycles. The largest absolute Gasteiger partial charge is 0.353 e. The lowest BCUT2D eigenvalue weighted by atomic mass is 9.71. The van der Waals surface area contributed by atoms with Crippen molar-refractivity contribution in [2.24, 2.45) is 17.8 Å². The van der Waals surface area contributed by atoms with Gasteiger partial charge in [0.15, 0.2) is 0 Å². The molecule has 0 unspecified atom stereocenters. The highest BCUT2D eigenvalue weighted by Gasteiger charge is 2.49. The van der Waals surface area contributed by atoms with Gasteiger partial charge >= 0.3 is 0 Å². The topological polar surface area (TPSA) is 29.1 Å². The molecule has 60 valence electrons. The molecule has 3 fully saturated rings. The minimum Gasteiger partial charge on any atom is -0.353 e. The van der Waals surface area contributed by atoms with Crippen LogP contribution in [0.25, 0.3) is 0 Å². The van der Waals surface area contributed by atoms with Gasteiger partial charge in [0.25, 0.3) is 0 Å². The molecule has 0 bridgehead atoms. The summed E-state index contributed by atoms with van der Waals surface area (Å²) in [6, 6.07) is 0.577. The van der Waals surface area contributed by atoms with E-state index >= 15 is 0 Å². The van der Waals surface area contributed by atoms with Gasteiger partial charge in [-0.1, -0.05) is 0 Å². The van der Waals surface area contributed by atoms with E-state index in [1.165, 1.54) is 19.3 Å². The van der Waals surface area contributed by atoms with Crippen molar-refractivity contribution in [2.45, 2.75) is 31.7 Å². The van der Waals surface area contributed by atoms with Crippen LogP contribution in [0, 0.1) is 17.8 Å². The van der Waals surface area contributed by atoms with Crippen molar-refractivity contribution < 1.29 is 4.79 Å². The second-order valence-corrected chi connectivity index (χ2v) is 4.29. The van der Waals surface area contributed by atoms with Gasteiger partial charge in [0, 0.05) is 12.0 Å². The third-order valence-electron chi connectivity index (χ3n) is 3.61. The van der Waals surface area contributed by atoms with Crippen LogP contribution >= 0.6 is 0 Å². The standard InChI is InChI=1S/C9H13NO/c11-9-7-2-1-5(7)3-6-4-8(6)10-9/h5-8H,1-4H2,(H,10,11)/t5-,6-,7-,8+/m1/s1. The van der Waals surface area contributed by atoms with Crippen molar-refractivity contribution in [3.63, 3.8) is 0 Å². The van der Waals surface area contributed by atoms with Crippen LogP contribution in [0.15, 0.2) is 0 Å². The van der Waals surface area contributed by atoms with Gasteiger partial charge in [0.2, 0.25) is 5.91 Å². The van der Waals surface area contributed by atoms with E-state index in [0.717, 1.165) is 18.3 Å². The van der Waals surface area contributed by atoms with Crippen molar-refractivity contribution in [1.82, 2.24) is 5.32 Å². The summed E-state index contributed by atoms with van der Waals surface area (Å²) in [6.45, 7) is 0. The Morgan fingerprint density at radius 1 is 1.18 bits per heavy atom. The number of fused-ring (bicyclic) bond motifs is 2. The van der Waals surface area contributed by atoms with Crippen molar-refractivity contribution in [1.29, 1.82) is 0 Å². The third-order valence-corrected chi connectivity index (χ3v) is 3.61. The normalized spacial score (nSPS) is 52.9. The van der Waals surface area contributed by atoms with Crippen molar-refractivity contribution in [2.75, 3.05) is 0 Å². The molecule has 0 aromatic rings. The van der Waals surface area contributed by atoms with Crippen LogP contribution in [0.4, 0.5) is 0 Å². The Hall–Kier alpha value is -0.530. The predicted molar refractivity (Wildman–Crippen MR) is 40.9 cm³/mol. The maximum atomic E-state index is 11.4.